The van der Waals surface area contributed by atoms with Gasteiger partial charge in [0, 0.05) is 12.7 Å². The second-order valence-corrected chi connectivity index (χ2v) is 8.43. The smallest absolute Gasteiger partial charge is 0.243 e. The number of carbonyl (C=O) groups excluding carboxylic acids is 1. The van der Waals surface area contributed by atoms with Gasteiger partial charge in [0.2, 0.25) is 15.9 Å². The van der Waals surface area contributed by atoms with Crippen LogP contribution in [0, 0.1) is 6.92 Å². The van der Waals surface area contributed by atoms with Gasteiger partial charge >= 0.3 is 0 Å². The van der Waals surface area contributed by atoms with Crippen LogP contribution in [-0.2, 0) is 14.8 Å². The van der Waals surface area contributed by atoms with Crippen molar-refractivity contribution in [2.45, 2.75) is 11.8 Å². The Morgan fingerprint density at radius 1 is 1.15 bits per heavy atom. The number of hydrogen-bond acceptors (Lipinski definition) is 4. The summed E-state index contributed by atoms with van der Waals surface area (Å²) in [6, 6.07) is 9.12. The Labute approximate surface area is 162 Å². The lowest BCUT2D eigenvalue weighted by molar-refractivity contribution is -0.116. The second-order valence-electron chi connectivity index (χ2n) is 5.57. The number of hydrogen-bond donors (Lipinski definition) is 1. The van der Waals surface area contributed by atoms with Crippen LogP contribution >= 0.6 is 23.2 Å². The van der Waals surface area contributed by atoms with Gasteiger partial charge in [0.15, 0.2) is 0 Å². The Morgan fingerprint density at radius 2 is 1.85 bits per heavy atom. The maximum absolute atomic E-state index is 12.6. The molecule has 0 atom stereocenters. The van der Waals surface area contributed by atoms with E-state index in [4.69, 9.17) is 27.9 Å². The normalized spacial score (nSPS) is 11.5. The lowest BCUT2D eigenvalue weighted by atomic mass is 10.2. The molecule has 2 aromatic carbocycles. The van der Waals surface area contributed by atoms with E-state index in [1.165, 1.54) is 32.4 Å². The molecule has 2 rings (SSSR count). The van der Waals surface area contributed by atoms with Crippen LogP contribution in [0.2, 0.25) is 10.0 Å². The van der Waals surface area contributed by atoms with Gasteiger partial charge in [-0.3, -0.25) is 4.79 Å². The predicted octanol–water partition coefficient (Wildman–Crippen LogP) is 3.57. The van der Waals surface area contributed by atoms with Gasteiger partial charge in [0.1, 0.15) is 5.75 Å². The topological polar surface area (TPSA) is 75.7 Å². The summed E-state index contributed by atoms with van der Waals surface area (Å²) in [7, 11) is -0.972. The number of rotatable bonds is 6. The number of carbonyl (C=O) groups is 1. The molecule has 0 spiro atoms. The summed E-state index contributed by atoms with van der Waals surface area (Å²) in [6.45, 7) is 1.39. The molecule has 6 nitrogen and oxygen atoms in total. The number of anilines is 1. The van der Waals surface area contributed by atoms with Gasteiger partial charge < -0.3 is 10.1 Å². The van der Waals surface area contributed by atoms with E-state index >= 15 is 0 Å². The fourth-order valence-electron chi connectivity index (χ4n) is 2.25. The molecule has 9 heteroatoms. The van der Waals surface area contributed by atoms with Crippen LogP contribution in [0.5, 0.6) is 5.75 Å². The molecule has 0 aliphatic carbocycles. The Balaban J connectivity index is 2.11. The molecule has 0 saturated carbocycles. The molecule has 0 heterocycles. The molecule has 1 amide bonds. The van der Waals surface area contributed by atoms with Gasteiger partial charge in [-0.1, -0.05) is 23.2 Å². The van der Waals surface area contributed by atoms with Crippen molar-refractivity contribution >= 4 is 44.8 Å². The van der Waals surface area contributed by atoms with E-state index in [-0.39, 0.29) is 11.4 Å². The Bertz CT molecular complexity index is 932. The first-order chi connectivity index (χ1) is 12.1. The first-order valence-corrected chi connectivity index (χ1v) is 9.70. The lowest BCUT2D eigenvalue weighted by Crippen LogP contribution is -2.35. The molecular formula is C17H18Cl2N2O4S. The largest absolute Gasteiger partial charge is 0.496 e. The zero-order valence-corrected chi connectivity index (χ0v) is 16.7. The minimum absolute atomic E-state index is 0.0839. The minimum Gasteiger partial charge on any atom is -0.496 e. The van der Waals surface area contributed by atoms with Gasteiger partial charge in [-0.05, 0) is 48.9 Å². The highest BCUT2D eigenvalue weighted by molar-refractivity contribution is 7.89. The fourth-order valence-corrected chi connectivity index (χ4v) is 3.76. The molecule has 0 saturated heterocycles. The van der Waals surface area contributed by atoms with Crippen LogP contribution in [0.1, 0.15) is 5.56 Å². The zero-order chi connectivity index (χ0) is 19.5. The number of ether oxygens (including phenoxy) is 1. The standard InChI is InChI=1S/C17H18Cl2N2O4S/c1-11-8-13(5-7-16(11)25-3)26(23,24)21(2)10-17(22)20-12-4-6-14(18)15(19)9-12/h4-9H,10H2,1-3H3,(H,20,22). The van der Waals surface area contributed by atoms with Crippen LogP contribution in [0.3, 0.4) is 0 Å². The van der Waals surface area contributed by atoms with Crippen LogP contribution in [0.15, 0.2) is 41.3 Å². The maximum Gasteiger partial charge on any atom is 0.243 e. The van der Waals surface area contributed by atoms with Crippen molar-refractivity contribution in [3.63, 3.8) is 0 Å². The highest BCUT2D eigenvalue weighted by atomic mass is 35.5. The molecule has 0 fully saturated rings. The van der Waals surface area contributed by atoms with Gasteiger partial charge in [-0.2, -0.15) is 4.31 Å². The number of halogens is 2. The third kappa shape index (κ3) is 4.67. The lowest BCUT2D eigenvalue weighted by Gasteiger charge is -2.18. The Morgan fingerprint density at radius 3 is 2.42 bits per heavy atom. The van der Waals surface area contributed by atoms with Gasteiger partial charge in [-0.15, -0.1) is 0 Å². The van der Waals surface area contributed by atoms with Crippen LogP contribution in [0.25, 0.3) is 0 Å². The Hall–Kier alpha value is -1.80. The number of nitrogens with zero attached hydrogens (tertiary/aromatic N) is 1. The van der Waals surface area contributed by atoms with E-state index in [0.29, 0.717) is 27.0 Å². The average molecular weight is 417 g/mol. The second kappa shape index (κ2) is 8.26. The summed E-state index contributed by atoms with van der Waals surface area (Å²) >= 11 is 11.7. The summed E-state index contributed by atoms with van der Waals surface area (Å²) < 4.78 is 31.4. The summed E-state index contributed by atoms with van der Waals surface area (Å²) in [4.78, 5) is 12.2. The number of benzene rings is 2. The van der Waals surface area contributed by atoms with Crippen LogP contribution in [-0.4, -0.2) is 39.3 Å². The summed E-state index contributed by atoms with van der Waals surface area (Å²) in [5, 5.41) is 3.24. The van der Waals surface area contributed by atoms with Crippen molar-refractivity contribution in [2.24, 2.45) is 0 Å². The first-order valence-electron chi connectivity index (χ1n) is 7.51. The molecule has 1 N–H and O–H groups in total. The molecule has 2 aromatic rings. The highest BCUT2D eigenvalue weighted by Gasteiger charge is 2.23. The van der Waals surface area contributed by atoms with Crippen molar-refractivity contribution in [3.05, 3.63) is 52.0 Å². The summed E-state index contributed by atoms with van der Waals surface area (Å²) in [5.74, 6) is 0.0867. The highest BCUT2D eigenvalue weighted by Crippen LogP contribution is 2.25. The van der Waals surface area contributed by atoms with Crippen molar-refractivity contribution in [1.82, 2.24) is 4.31 Å². The SMILES string of the molecule is COc1ccc(S(=O)(=O)N(C)CC(=O)Nc2ccc(Cl)c(Cl)c2)cc1C. The third-order valence-corrected chi connectivity index (χ3v) is 6.18. The number of likely N-dealkylation sites (N-methyl/N-ethyl adjacent to an activating group) is 1. The Kier molecular flexibility index (Phi) is 6.52. The average Bonchev–Trinajstić information content (AvgIpc) is 2.57. The molecule has 0 aliphatic heterocycles. The molecule has 140 valence electrons. The third-order valence-electron chi connectivity index (χ3n) is 3.64. The number of aryl methyl sites for hydroxylation is 1. The van der Waals surface area contributed by atoms with E-state index < -0.39 is 15.9 Å². The van der Waals surface area contributed by atoms with Gasteiger partial charge in [-0.25, -0.2) is 8.42 Å². The molecule has 0 unspecified atom stereocenters. The minimum atomic E-state index is -3.82. The number of methoxy groups -OCH3 is 1. The number of nitrogens with one attached hydrogen (secondary N) is 1. The summed E-state index contributed by atoms with van der Waals surface area (Å²) in [6.07, 6.45) is 0. The van der Waals surface area contributed by atoms with Crippen molar-refractivity contribution in [1.29, 1.82) is 0 Å². The van der Waals surface area contributed by atoms with E-state index in [2.05, 4.69) is 5.32 Å². The van der Waals surface area contributed by atoms with Crippen LogP contribution in [0.4, 0.5) is 5.69 Å². The number of sulfonamides is 1. The van der Waals surface area contributed by atoms with Gasteiger partial charge in [0.25, 0.3) is 0 Å². The molecule has 26 heavy (non-hydrogen) atoms. The molecule has 0 aliphatic rings. The molecule has 0 aromatic heterocycles. The van der Waals surface area contributed by atoms with E-state index in [9.17, 15) is 13.2 Å². The van der Waals surface area contributed by atoms with E-state index in [1.54, 1.807) is 25.1 Å². The fraction of sp³-hybridized carbons (Fsp3) is 0.235. The zero-order valence-electron chi connectivity index (χ0n) is 14.4. The van der Waals surface area contributed by atoms with E-state index in [0.717, 1.165) is 4.31 Å². The summed E-state index contributed by atoms with van der Waals surface area (Å²) in [5.41, 5.74) is 1.11. The van der Waals surface area contributed by atoms with Crippen molar-refractivity contribution in [2.75, 3.05) is 26.0 Å². The maximum atomic E-state index is 12.6. The quantitative estimate of drug-likeness (QED) is 0.780. The molecule has 0 radical (unpaired) electrons. The number of amides is 1. The van der Waals surface area contributed by atoms with Crippen molar-refractivity contribution in [3.8, 4) is 5.75 Å². The van der Waals surface area contributed by atoms with Gasteiger partial charge in [0.05, 0.1) is 28.6 Å². The van der Waals surface area contributed by atoms with Crippen molar-refractivity contribution < 1.29 is 17.9 Å². The first kappa shape index (κ1) is 20.5. The van der Waals surface area contributed by atoms with E-state index in [1.807, 2.05) is 0 Å². The monoisotopic (exact) mass is 416 g/mol. The predicted molar refractivity (Wildman–Crippen MR) is 103 cm³/mol. The molecular weight excluding hydrogens is 399 g/mol. The van der Waals surface area contributed by atoms with Crippen LogP contribution < -0.4 is 10.1 Å². The molecule has 0 bridgehead atoms.